The van der Waals surface area contributed by atoms with Crippen molar-refractivity contribution in [2.24, 2.45) is 13.0 Å². The zero-order valence-electron chi connectivity index (χ0n) is 14.8. The number of fused-ring (bicyclic) bond motifs is 1. The monoisotopic (exact) mass is 327 g/mol. The Morgan fingerprint density at radius 2 is 2.00 bits per heavy atom. The maximum atomic E-state index is 12.8. The van der Waals surface area contributed by atoms with Crippen LogP contribution in [0.15, 0.2) is 29.1 Å². The minimum Gasteiger partial charge on any atom is -0.330 e. The molecule has 2 aromatic rings. The van der Waals surface area contributed by atoms with Gasteiger partial charge in [0.25, 0.3) is 5.56 Å². The van der Waals surface area contributed by atoms with Gasteiger partial charge in [-0.15, -0.1) is 0 Å². The van der Waals surface area contributed by atoms with Gasteiger partial charge in [-0.1, -0.05) is 19.1 Å². The summed E-state index contributed by atoms with van der Waals surface area (Å²) in [4.78, 5) is 32.2. The van der Waals surface area contributed by atoms with Gasteiger partial charge in [0.1, 0.15) is 5.82 Å². The van der Waals surface area contributed by atoms with Crippen LogP contribution in [-0.2, 0) is 11.8 Å². The van der Waals surface area contributed by atoms with E-state index in [-0.39, 0.29) is 29.5 Å². The SMILES string of the molecule is CCC(c1nc2ccccc2c(=O)n1C)N(C(=O)C1CC1)C(C)C. The van der Waals surface area contributed by atoms with E-state index in [4.69, 9.17) is 4.98 Å². The Labute approximate surface area is 142 Å². The van der Waals surface area contributed by atoms with Gasteiger partial charge in [0.05, 0.1) is 16.9 Å². The van der Waals surface area contributed by atoms with Crippen LogP contribution in [0, 0.1) is 5.92 Å². The Morgan fingerprint density at radius 1 is 1.33 bits per heavy atom. The fraction of sp³-hybridized carbons (Fsp3) is 0.526. The molecule has 0 saturated heterocycles. The van der Waals surface area contributed by atoms with Gasteiger partial charge in [-0.3, -0.25) is 14.2 Å². The average Bonchev–Trinajstić information content (AvgIpc) is 3.40. The molecule has 1 aliphatic carbocycles. The third-order valence-corrected chi connectivity index (χ3v) is 4.78. The van der Waals surface area contributed by atoms with E-state index in [0.717, 1.165) is 19.3 Å². The normalized spacial score (nSPS) is 15.7. The first-order valence-corrected chi connectivity index (χ1v) is 8.73. The summed E-state index contributed by atoms with van der Waals surface area (Å²) in [6.45, 7) is 6.10. The molecule has 1 amide bonds. The lowest BCUT2D eigenvalue weighted by Gasteiger charge is -2.35. The number of benzene rings is 1. The highest BCUT2D eigenvalue weighted by atomic mass is 16.2. The van der Waals surface area contributed by atoms with Gasteiger partial charge in [-0.2, -0.15) is 0 Å². The molecule has 5 heteroatoms. The second-order valence-corrected chi connectivity index (χ2v) is 6.89. The molecular formula is C19H25N3O2. The van der Waals surface area contributed by atoms with E-state index in [1.807, 2.05) is 43.9 Å². The number of carbonyl (C=O) groups is 1. The third kappa shape index (κ3) is 2.83. The minimum atomic E-state index is -0.180. The zero-order chi connectivity index (χ0) is 17.4. The van der Waals surface area contributed by atoms with Gasteiger partial charge >= 0.3 is 0 Å². The molecule has 1 aromatic carbocycles. The van der Waals surface area contributed by atoms with Crippen molar-refractivity contribution < 1.29 is 4.79 Å². The molecule has 0 N–H and O–H groups in total. The van der Waals surface area contributed by atoms with Crippen LogP contribution >= 0.6 is 0 Å². The van der Waals surface area contributed by atoms with Crippen molar-refractivity contribution >= 4 is 16.8 Å². The van der Waals surface area contributed by atoms with E-state index < -0.39 is 0 Å². The Balaban J connectivity index is 2.13. The van der Waals surface area contributed by atoms with Crippen LogP contribution in [0.2, 0.25) is 0 Å². The lowest BCUT2D eigenvalue weighted by Crippen LogP contribution is -2.43. The molecular weight excluding hydrogens is 302 g/mol. The van der Waals surface area contributed by atoms with E-state index in [1.54, 1.807) is 17.7 Å². The number of nitrogens with zero attached hydrogens (tertiary/aromatic N) is 3. The number of para-hydroxylation sites is 1. The molecule has 1 aliphatic rings. The first kappa shape index (κ1) is 16.7. The zero-order valence-corrected chi connectivity index (χ0v) is 14.8. The van der Waals surface area contributed by atoms with Crippen LogP contribution < -0.4 is 5.56 Å². The van der Waals surface area contributed by atoms with Crippen molar-refractivity contribution in [2.75, 3.05) is 0 Å². The maximum absolute atomic E-state index is 12.8. The molecule has 0 radical (unpaired) electrons. The van der Waals surface area contributed by atoms with Crippen molar-refractivity contribution in [2.45, 2.75) is 52.1 Å². The van der Waals surface area contributed by atoms with Crippen molar-refractivity contribution in [3.8, 4) is 0 Å². The number of hydrogen-bond donors (Lipinski definition) is 0. The van der Waals surface area contributed by atoms with Gasteiger partial charge in [0.2, 0.25) is 5.91 Å². The molecule has 0 aliphatic heterocycles. The number of aromatic nitrogens is 2. The quantitative estimate of drug-likeness (QED) is 0.848. The first-order valence-electron chi connectivity index (χ1n) is 8.73. The Morgan fingerprint density at radius 3 is 2.58 bits per heavy atom. The molecule has 1 aromatic heterocycles. The highest BCUT2D eigenvalue weighted by Crippen LogP contribution is 2.35. The van der Waals surface area contributed by atoms with Crippen molar-refractivity contribution in [3.63, 3.8) is 0 Å². The summed E-state index contributed by atoms with van der Waals surface area (Å²) < 4.78 is 1.60. The average molecular weight is 327 g/mol. The maximum Gasteiger partial charge on any atom is 0.261 e. The van der Waals surface area contributed by atoms with Crippen LogP contribution in [0.25, 0.3) is 10.9 Å². The molecule has 1 unspecified atom stereocenters. The van der Waals surface area contributed by atoms with Crippen LogP contribution in [0.5, 0.6) is 0 Å². The van der Waals surface area contributed by atoms with Gasteiger partial charge in [0.15, 0.2) is 0 Å². The van der Waals surface area contributed by atoms with E-state index >= 15 is 0 Å². The summed E-state index contributed by atoms with van der Waals surface area (Å²) in [5.74, 6) is 1.02. The van der Waals surface area contributed by atoms with Crippen LogP contribution in [0.1, 0.15) is 51.9 Å². The summed E-state index contributed by atoms with van der Waals surface area (Å²) in [5.41, 5.74) is 0.633. The van der Waals surface area contributed by atoms with Gasteiger partial charge in [0, 0.05) is 19.0 Å². The lowest BCUT2D eigenvalue weighted by molar-refractivity contribution is -0.137. The summed E-state index contributed by atoms with van der Waals surface area (Å²) >= 11 is 0. The van der Waals surface area contributed by atoms with E-state index in [1.165, 1.54) is 0 Å². The Hall–Kier alpha value is -2.17. The fourth-order valence-corrected chi connectivity index (χ4v) is 3.35. The van der Waals surface area contributed by atoms with Gasteiger partial charge in [-0.05, 0) is 45.2 Å². The molecule has 1 atom stereocenters. The largest absolute Gasteiger partial charge is 0.330 e. The molecule has 128 valence electrons. The summed E-state index contributed by atoms with van der Waals surface area (Å²) in [7, 11) is 1.75. The Kier molecular flexibility index (Phi) is 4.43. The Bertz CT molecular complexity index is 821. The fourth-order valence-electron chi connectivity index (χ4n) is 3.35. The molecule has 0 bridgehead atoms. The minimum absolute atomic E-state index is 0.0587. The molecule has 0 spiro atoms. The number of carbonyl (C=O) groups excluding carboxylic acids is 1. The molecule has 3 rings (SSSR count). The standard InChI is InChI=1S/C19H25N3O2/c1-5-16(22(12(2)3)18(23)13-10-11-13)17-20-15-9-7-6-8-14(15)19(24)21(17)4/h6-9,12-13,16H,5,10-11H2,1-4H3. The van der Waals surface area contributed by atoms with Crippen LogP contribution in [-0.4, -0.2) is 26.4 Å². The predicted octanol–water partition coefficient (Wildman–Crippen LogP) is 3.03. The number of amides is 1. The highest BCUT2D eigenvalue weighted by molar-refractivity contribution is 5.82. The predicted molar refractivity (Wildman–Crippen MR) is 94.7 cm³/mol. The molecule has 5 nitrogen and oxygen atoms in total. The van der Waals surface area contributed by atoms with Gasteiger partial charge in [-0.25, -0.2) is 4.98 Å². The summed E-state index contributed by atoms with van der Waals surface area (Å²) in [6, 6.07) is 7.28. The molecule has 1 fully saturated rings. The van der Waals surface area contributed by atoms with Crippen LogP contribution in [0.4, 0.5) is 0 Å². The van der Waals surface area contributed by atoms with Gasteiger partial charge < -0.3 is 4.90 Å². The van der Waals surface area contributed by atoms with E-state index in [0.29, 0.717) is 16.7 Å². The van der Waals surface area contributed by atoms with Crippen LogP contribution in [0.3, 0.4) is 0 Å². The van der Waals surface area contributed by atoms with E-state index in [9.17, 15) is 9.59 Å². The molecule has 24 heavy (non-hydrogen) atoms. The first-order chi connectivity index (χ1) is 11.5. The second-order valence-electron chi connectivity index (χ2n) is 6.89. The van der Waals surface area contributed by atoms with Crippen molar-refractivity contribution in [3.05, 3.63) is 40.4 Å². The smallest absolute Gasteiger partial charge is 0.261 e. The molecule has 1 saturated carbocycles. The number of hydrogen-bond acceptors (Lipinski definition) is 3. The topological polar surface area (TPSA) is 55.2 Å². The lowest BCUT2D eigenvalue weighted by atomic mass is 10.1. The highest BCUT2D eigenvalue weighted by Gasteiger charge is 2.38. The van der Waals surface area contributed by atoms with Crippen molar-refractivity contribution in [1.29, 1.82) is 0 Å². The number of rotatable bonds is 5. The van der Waals surface area contributed by atoms with Crippen molar-refractivity contribution in [1.82, 2.24) is 14.5 Å². The second kappa shape index (κ2) is 6.38. The molecule has 1 heterocycles. The third-order valence-electron chi connectivity index (χ3n) is 4.78. The van der Waals surface area contributed by atoms with E-state index in [2.05, 4.69) is 0 Å². The summed E-state index contributed by atoms with van der Waals surface area (Å²) in [5, 5.41) is 0.614. The summed E-state index contributed by atoms with van der Waals surface area (Å²) in [6.07, 6.45) is 2.68.